The molecule has 0 unspecified atom stereocenters. The second kappa shape index (κ2) is 7.21. The fraction of sp³-hybridized carbons (Fsp3) is 0.368. The highest BCUT2D eigenvalue weighted by Crippen LogP contribution is 2.27. The van der Waals surface area contributed by atoms with Crippen LogP contribution in [0.3, 0.4) is 0 Å². The van der Waals surface area contributed by atoms with Gasteiger partial charge in [-0.2, -0.15) is 0 Å². The van der Waals surface area contributed by atoms with Gasteiger partial charge in [-0.1, -0.05) is 0 Å². The first-order valence-corrected chi connectivity index (χ1v) is 7.73. The molecule has 0 fully saturated rings. The standard InChI is InChI=1S/C19H25NO2/c1-14(2)21-18-10-6-16(7-11-18)20(5)17-8-12-19(13-9-17)22-15(3)4/h6-15H,1-5H3. The molecule has 0 saturated heterocycles. The van der Waals surface area contributed by atoms with Crippen molar-refractivity contribution in [1.29, 1.82) is 0 Å². The van der Waals surface area contributed by atoms with Crippen LogP contribution in [0.1, 0.15) is 27.7 Å². The molecule has 0 amide bonds. The molecule has 0 atom stereocenters. The number of anilines is 2. The molecule has 3 nitrogen and oxygen atoms in total. The highest BCUT2D eigenvalue weighted by atomic mass is 16.5. The Morgan fingerprint density at radius 2 is 0.955 bits per heavy atom. The summed E-state index contributed by atoms with van der Waals surface area (Å²) in [6.07, 6.45) is 0.383. The lowest BCUT2D eigenvalue weighted by Gasteiger charge is -2.21. The zero-order valence-electron chi connectivity index (χ0n) is 14.0. The van der Waals surface area contributed by atoms with E-state index in [1.54, 1.807) is 0 Å². The Bertz CT molecular complexity index is 520. The van der Waals surface area contributed by atoms with Crippen LogP contribution in [-0.2, 0) is 0 Å². The van der Waals surface area contributed by atoms with Crippen LogP contribution >= 0.6 is 0 Å². The van der Waals surface area contributed by atoms with Crippen molar-refractivity contribution in [1.82, 2.24) is 0 Å². The molecule has 3 heteroatoms. The van der Waals surface area contributed by atoms with Crippen LogP contribution in [0.5, 0.6) is 11.5 Å². The van der Waals surface area contributed by atoms with Crippen molar-refractivity contribution in [2.75, 3.05) is 11.9 Å². The predicted molar refractivity (Wildman–Crippen MR) is 92.5 cm³/mol. The molecule has 2 aromatic rings. The van der Waals surface area contributed by atoms with E-state index in [0.717, 1.165) is 22.9 Å². The van der Waals surface area contributed by atoms with Gasteiger partial charge in [0, 0.05) is 18.4 Å². The second-order valence-electron chi connectivity index (χ2n) is 5.88. The Morgan fingerprint density at radius 1 is 0.636 bits per heavy atom. The monoisotopic (exact) mass is 299 g/mol. The number of benzene rings is 2. The van der Waals surface area contributed by atoms with Gasteiger partial charge in [0.1, 0.15) is 11.5 Å². The lowest BCUT2D eigenvalue weighted by molar-refractivity contribution is 0.242. The molecule has 0 aromatic heterocycles. The fourth-order valence-electron chi connectivity index (χ4n) is 2.19. The number of nitrogens with zero attached hydrogens (tertiary/aromatic N) is 1. The van der Waals surface area contributed by atoms with Crippen LogP contribution < -0.4 is 14.4 Å². The third kappa shape index (κ3) is 4.42. The van der Waals surface area contributed by atoms with Crippen molar-refractivity contribution in [3.05, 3.63) is 48.5 Å². The molecular formula is C19H25NO2. The molecular weight excluding hydrogens is 274 g/mol. The predicted octanol–water partition coefficient (Wildman–Crippen LogP) is 5.03. The third-order valence-corrected chi connectivity index (χ3v) is 3.19. The van der Waals surface area contributed by atoms with Gasteiger partial charge in [-0.05, 0) is 76.2 Å². The van der Waals surface area contributed by atoms with Crippen molar-refractivity contribution in [2.24, 2.45) is 0 Å². The Labute approximate surface area is 133 Å². The third-order valence-electron chi connectivity index (χ3n) is 3.19. The minimum Gasteiger partial charge on any atom is -0.491 e. The van der Waals surface area contributed by atoms with E-state index in [2.05, 4.69) is 36.2 Å². The molecule has 2 rings (SSSR count). The maximum Gasteiger partial charge on any atom is 0.119 e. The smallest absolute Gasteiger partial charge is 0.119 e. The molecule has 0 saturated carbocycles. The molecule has 0 aliphatic heterocycles. The molecule has 0 N–H and O–H groups in total. The summed E-state index contributed by atoms with van der Waals surface area (Å²) in [5, 5.41) is 0. The Morgan fingerprint density at radius 3 is 1.23 bits per heavy atom. The molecule has 0 bridgehead atoms. The lowest BCUT2D eigenvalue weighted by atomic mass is 10.2. The molecule has 0 heterocycles. The van der Waals surface area contributed by atoms with Gasteiger partial charge in [-0.25, -0.2) is 0 Å². The summed E-state index contributed by atoms with van der Waals surface area (Å²) in [4.78, 5) is 2.14. The van der Waals surface area contributed by atoms with E-state index in [-0.39, 0.29) is 12.2 Å². The minimum atomic E-state index is 0.192. The van der Waals surface area contributed by atoms with Gasteiger partial charge < -0.3 is 14.4 Å². The molecule has 118 valence electrons. The van der Waals surface area contributed by atoms with Crippen LogP contribution in [0.25, 0.3) is 0 Å². The summed E-state index contributed by atoms with van der Waals surface area (Å²) in [5.74, 6) is 1.79. The van der Waals surface area contributed by atoms with E-state index in [9.17, 15) is 0 Å². The van der Waals surface area contributed by atoms with Crippen molar-refractivity contribution in [3.63, 3.8) is 0 Å². The Hall–Kier alpha value is -2.16. The van der Waals surface area contributed by atoms with Gasteiger partial charge in [0.05, 0.1) is 12.2 Å². The van der Waals surface area contributed by atoms with Crippen LogP contribution in [0.4, 0.5) is 11.4 Å². The van der Waals surface area contributed by atoms with Gasteiger partial charge in [0.2, 0.25) is 0 Å². The first kappa shape index (κ1) is 16.2. The minimum absolute atomic E-state index is 0.192. The quantitative estimate of drug-likeness (QED) is 0.747. The van der Waals surface area contributed by atoms with Crippen LogP contribution in [0.2, 0.25) is 0 Å². The van der Waals surface area contributed by atoms with Crippen LogP contribution in [0, 0.1) is 0 Å². The van der Waals surface area contributed by atoms with Gasteiger partial charge in [-0.3, -0.25) is 0 Å². The van der Waals surface area contributed by atoms with Gasteiger partial charge in [0.15, 0.2) is 0 Å². The van der Waals surface area contributed by atoms with Crippen molar-refractivity contribution < 1.29 is 9.47 Å². The fourth-order valence-corrected chi connectivity index (χ4v) is 2.19. The maximum absolute atomic E-state index is 5.67. The van der Waals surface area contributed by atoms with Crippen LogP contribution in [0.15, 0.2) is 48.5 Å². The zero-order chi connectivity index (χ0) is 16.1. The molecule has 22 heavy (non-hydrogen) atoms. The molecule has 0 spiro atoms. The van der Waals surface area contributed by atoms with Gasteiger partial charge in [0.25, 0.3) is 0 Å². The summed E-state index contributed by atoms with van der Waals surface area (Å²) in [7, 11) is 2.05. The number of hydrogen-bond donors (Lipinski definition) is 0. The highest BCUT2D eigenvalue weighted by Gasteiger charge is 2.06. The summed E-state index contributed by atoms with van der Waals surface area (Å²) in [5.41, 5.74) is 2.24. The molecule has 2 aromatic carbocycles. The summed E-state index contributed by atoms with van der Waals surface area (Å²) < 4.78 is 11.3. The van der Waals surface area contributed by atoms with Crippen molar-refractivity contribution >= 4 is 11.4 Å². The first-order valence-electron chi connectivity index (χ1n) is 7.73. The molecule has 0 radical (unpaired) electrons. The lowest BCUT2D eigenvalue weighted by Crippen LogP contribution is -2.10. The number of ether oxygens (including phenoxy) is 2. The normalized spacial score (nSPS) is 10.9. The van der Waals surface area contributed by atoms with E-state index in [0.29, 0.717) is 0 Å². The number of hydrogen-bond acceptors (Lipinski definition) is 3. The van der Waals surface area contributed by atoms with E-state index in [4.69, 9.17) is 9.47 Å². The Balaban J connectivity index is 2.08. The topological polar surface area (TPSA) is 21.7 Å². The van der Waals surface area contributed by atoms with Crippen molar-refractivity contribution in [2.45, 2.75) is 39.9 Å². The summed E-state index contributed by atoms with van der Waals surface area (Å²) >= 11 is 0. The Kier molecular flexibility index (Phi) is 5.31. The first-order chi connectivity index (χ1) is 10.5. The van der Waals surface area contributed by atoms with E-state index < -0.39 is 0 Å². The van der Waals surface area contributed by atoms with E-state index in [1.165, 1.54) is 0 Å². The highest BCUT2D eigenvalue weighted by molar-refractivity contribution is 5.63. The maximum atomic E-state index is 5.67. The van der Waals surface area contributed by atoms with Crippen molar-refractivity contribution in [3.8, 4) is 11.5 Å². The molecule has 0 aliphatic rings. The molecule has 0 aliphatic carbocycles. The van der Waals surface area contributed by atoms with Gasteiger partial charge >= 0.3 is 0 Å². The average Bonchev–Trinajstić information content (AvgIpc) is 2.47. The summed E-state index contributed by atoms with van der Waals surface area (Å²) in [6, 6.07) is 16.3. The van der Waals surface area contributed by atoms with Crippen LogP contribution in [-0.4, -0.2) is 19.3 Å². The summed E-state index contributed by atoms with van der Waals surface area (Å²) in [6.45, 7) is 8.11. The largest absolute Gasteiger partial charge is 0.491 e. The number of rotatable bonds is 6. The van der Waals surface area contributed by atoms with E-state index in [1.807, 2.05) is 52.0 Å². The SMILES string of the molecule is CC(C)Oc1ccc(N(C)c2ccc(OC(C)C)cc2)cc1. The second-order valence-corrected chi connectivity index (χ2v) is 5.88. The average molecular weight is 299 g/mol. The van der Waals surface area contributed by atoms with E-state index >= 15 is 0 Å². The van der Waals surface area contributed by atoms with Gasteiger partial charge in [-0.15, -0.1) is 0 Å². The zero-order valence-corrected chi connectivity index (χ0v) is 14.0.